The molecule has 0 radical (unpaired) electrons. The van der Waals surface area contributed by atoms with Gasteiger partial charge in [0.25, 0.3) is 0 Å². The summed E-state index contributed by atoms with van der Waals surface area (Å²) in [5.41, 5.74) is 3.56. The fourth-order valence-corrected chi connectivity index (χ4v) is 6.57. The molecule has 0 unspecified atom stereocenters. The summed E-state index contributed by atoms with van der Waals surface area (Å²) in [6, 6.07) is 13.2. The third-order valence-electron chi connectivity index (χ3n) is 7.11. The van der Waals surface area contributed by atoms with E-state index in [4.69, 9.17) is 0 Å². The highest BCUT2D eigenvalue weighted by Gasteiger charge is 2.30. The van der Waals surface area contributed by atoms with Gasteiger partial charge in [0.15, 0.2) is 0 Å². The second kappa shape index (κ2) is 8.87. The fourth-order valence-electron chi connectivity index (χ4n) is 5.07. The van der Waals surface area contributed by atoms with Crippen molar-refractivity contribution in [3.63, 3.8) is 0 Å². The van der Waals surface area contributed by atoms with Crippen molar-refractivity contribution in [3.8, 4) is 0 Å². The Hall–Kier alpha value is -2.38. The molecular formula is C25H31N3O3S. The Morgan fingerprint density at radius 1 is 0.938 bits per heavy atom. The first kappa shape index (κ1) is 21.5. The number of aryl methyl sites for hydroxylation is 1. The molecule has 2 fully saturated rings. The molecule has 3 aliphatic rings. The number of amides is 1. The van der Waals surface area contributed by atoms with Crippen LogP contribution in [0.1, 0.15) is 62.1 Å². The Morgan fingerprint density at radius 3 is 2.47 bits per heavy atom. The average Bonchev–Trinajstić information content (AvgIpc) is 3.27. The smallest absolute Gasteiger partial charge is 0.243 e. The van der Waals surface area contributed by atoms with Gasteiger partial charge in [-0.15, -0.1) is 0 Å². The molecule has 32 heavy (non-hydrogen) atoms. The van der Waals surface area contributed by atoms with Crippen molar-refractivity contribution in [1.29, 1.82) is 0 Å². The van der Waals surface area contributed by atoms with E-state index >= 15 is 0 Å². The summed E-state index contributed by atoms with van der Waals surface area (Å²) in [5.74, 6) is 0.0351. The Bertz CT molecular complexity index is 1110. The SMILES string of the molecule is O=C(Nc1ccc(N2CCCC2)c(S(=O)(=O)N[C@@H]2CCCc3ccccc32)c1)C1CCC1. The number of carbonyl (C=O) groups excluding carboxylic acids is 1. The van der Waals surface area contributed by atoms with E-state index in [1.54, 1.807) is 6.07 Å². The van der Waals surface area contributed by atoms with Gasteiger partial charge in [0.1, 0.15) is 4.90 Å². The summed E-state index contributed by atoms with van der Waals surface area (Å²) in [5, 5.41) is 2.94. The van der Waals surface area contributed by atoms with Gasteiger partial charge in [-0.1, -0.05) is 30.7 Å². The van der Waals surface area contributed by atoms with Crippen LogP contribution in [0.4, 0.5) is 11.4 Å². The first-order valence-corrected chi connectivity index (χ1v) is 13.3. The Labute approximate surface area is 190 Å². The minimum absolute atomic E-state index is 0.0114. The van der Waals surface area contributed by atoms with E-state index < -0.39 is 10.0 Å². The lowest BCUT2D eigenvalue weighted by Crippen LogP contribution is -2.33. The lowest BCUT2D eigenvalue weighted by molar-refractivity contribution is -0.122. The van der Waals surface area contributed by atoms with Crippen LogP contribution in [0.3, 0.4) is 0 Å². The molecule has 2 N–H and O–H groups in total. The van der Waals surface area contributed by atoms with E-state index in [0.717, 1.165) is 75.7 Å². The molecule has 5 rings (SSSR count). The van der Waals surface area contributed by atoms with Crippen LogP contribution < -0.4 is 14.9 Å². The molecule has 1 heterocycles. The maximum atomic E-state index is 13.7. The number of hydrogen-bond acceptors (Lipinski definition) is 4. The van der Waals surface area contributed by atoms with Crippen molar-refractivity contribution in [2.45, 2.75) is 62.3 Å². The van der Waals surface area contributed by atoms with Crippen LogP contribution in [0.5, 0.6) is 0 Å². The lowest BCUT2D eigenvalue weighted by Gasteiger charge is -2.28. The van der Waals surface area contributed by atoms with E-state index in [-0.39, 0.29) is 22.8 Å². The molecular weight excluding hydrogens is 422 g/mol. The monoisotopic (exact) mass is 453 g/mol. The molecule has 1 amide bonds. The minimum atomic E-state index is -3.78. The molecule has 7 heteroatoms. The Kier molecular flexibility index (Phi) is 5.95. The third kappa shape index (κ3) is 4.28. The van der Waals surface area contributed by atoms with Gasteiger partial charge in [-0.05, 0) is 74.3 Å². The summed E-state index contributed by atoms with van der Waals surface area (Å²) in [4.78, 5) is 14.9. The number of carbonyl (C=O) groups is 1. The van der Waals surface area contributed by atoms with Gasteiger partial charge in [0.05, 0.1) is 5.69 Å². The molecule has 0 aromatic heterocycles. The normalized spacial score (nSPS) is 21.1. The van der Waals surface area contributed by atoms with E-state index in [1.807, 2.05) is 30.3 Å². The zero-order valence-corrected chi connectivity index (χ0v) is 19.2. The summed E-state index contributed by atoms with van der Waals surface area (Å²) < 4.78 is 30.3. The highest BCUT2D eigenvalue weighted by Crippen LogP contribution is 2.35. The number of anilines is 2. The number of sulfonamides is 1. The lowest BCUT2D eigenvalue weighted by atomic mass is 9.85. The van der Waals surface area contributed by atoms with Crippen LogP contribution in [0, 0.1) is 5.92 Å². The molecule has 1 saturated carbocycles. The van der Waals surface area contributed by atoms with Crippen LogP contribution in [-0.2, 0) is 21.2 Å². The highest BCUT2D eigenvalue weighted by atomic mass is 32.2. The van der Waals surface area contributed by atoms with E-state index in [1.165, 1.54) is 5.56 Å². The maximum Gasteiger partial charge on any atom is 0.243 e. The molecule has 1 saturated heterocycles. The van der Waals surface area contributed by atoms with Crippen molar-refractivity contribution in [3.05, 3.63) is 53.6 Å². The van der Waals surface area contributed by atoms with Crippen molar-refractivity contribution in [2.75, 3.05) is 23.3 Å². The molecule has 1 atom stereocenters. The molecule has 0 bridgehead atoms. The predicted octanol–water partition coefficient (Wildman–Crippen LogP) is 4.38. The molecule has 6 nitrogen and oxygen atoms in total. The van der Waals surface area contributed by atoms with Crippen molar-refractivity contribution in [2.24, 2.45) is 5.92 Å². The first-order chi connectivity index (χ1) is 15.5. The summed E-state index contributed by atoms with van der Waals surface area (Å²) in [7, 11) is -3.78. The van der Waals surface area contributed by atoms with Crippen molar-refractivity contribution in [1.82, 2.24) is 4.72 Å². The molecule has 1 aliphatic heterocycles. The van der Waals surface area contributed by atoms with E-state index in [0.29, 0.717) is 5.69 Å². The largest absolute Gasteiger partial charge is 0.370 e. The molecule has 2 aromatic carbocycles. The fraction of sp³-hybridized carbons (Fsp3) is 0.480. The first-order valence-electron chi connectivity index (χ1n) is 11.8. The summed E-state index contributed by atoms with van der Waals surface area (Å²) in [6.45, 7) is 1.70. The minimum Gasteiger partial charge on any atom is -0.370 e. The van der Waals surface area contributed by atoms with Crippen molar-refractivity contribution < 1.29 is 13.2 Å². The highest BCUT2D eigenvalue weighted by molar-refractivity contribution is 7.89. The topological polar surface area (TPSA) is 78.5 Å². The Morgan fingerprint density at radius 2 is 1.72 bits per heavy atom. The van der Waals surface area contributed by atoms with Gasteiger partial charge in [0.2, 0.25) is 15.9 Å². The number of nitrogens with one attached hydrogen (secondary N) is 2. The molecule has 2 aromatic rings. The van der Waals surface area contributed by atoms with Gasteiger partial charge in [-0.25, -0.2) is 13.1 Å². The number of hydrogen-bond donors (Lipinski definition) is 2. The predicted molar refractivity (Wildman–Crippen MR) is 126 cm³/mol. The summed E-state index contributed by atoms with van der Waals surface area (Å²) >= 11 is 0. The number of nitrogens with zero attached hydrogens (tertiary/aromatic N) is 1. The van der Waals surface area contributed by atoms with E-state index in [9.17, 15) is 13.2 Å². The number of fused-ring (bicyclic) bond motifs is 1. The van der Waals surface area contributed by atoms with Crippen LogP contribution in [0.15, 0.2) is 47.4 Å². The third-order valence-corrected chi connectivity index (χ3v) is 8.61. The van der Waals surface area contributed by atoms with Gasteiger partial charge >= 0.3 is 0 Å². The number of benzene rings is 2. The molecule has 0 spiro atoms. The second-order valence-corrected chi connectivity index (χ2v) is 10.9. The van der Waals surface area contributed by atoms with Crippen LogP contribution >= 0.6 is 0 Å². The number of rotatable bonds is 6. The van der Waals surface area contributed by atoms with Gasteiger partial charge in [-0.3, -0.25) is 4.79 Å². The van der Waals surface area contributed by atoms with Gasteiger partial charge in [-0.2, -0.15) is 0 Å². The molecule has 170 valence electrons. The van der Waals surface area contributed by atoms with Crippen LogP contribution in [0.25, 0.3) is 0 Å². The molecule has 2 aliphatic carbocycles. The Balaban J connectivity index is 1.46. The quantitative estimate of drug-likeness (QED) is 0.680. The zero-order chi connectivity index (χ0) is 22.1. The van der Waals surface area contributed by atoms with Crippen LogP contribution in [0.2, 0.25) is 0 Å². The standard InChI is InChI=1S/C25H31N3O3S/c29-25(19-9-5-10-19)26-20-13-14-23(28-15-3-4-16-28)24(17-20)32(30,31)27-22-12-6-8-18-7-1-2-11-21(18)22/h1-2,7,11,13-14,17,19,22,27H,3-6,8-10,12,15-16H2,(H,26,29)/t22-/m1/s1. The maximum absolute atomic E-state index is 13.7. The second-order valence-electron chi connectivity index (χ2n) is 9.26. The van der Waals surface area contributed by atoms with Gasteiger partial charge < -0.3 is 10.2 Å². The van der Waals surface area contributed by atoms with E-state index in [2.05, 4.69) is 21.0 Å². The van der Waals surface area contributed by atoms with Gasteiger partial charge in [0, 0.05) is 30.7 Å². The van der Waals surface area contributed by atoms with Crippen molar-refractivity contribution >= 4 is 27.3 Å². The summed E-state index contributed by atoms with van der Waals surface area (Å²) in [6.07, 6.45) is 7.74. The average molecular weight is 454 g/mol. The zero-order valence-electron chi connectivity index (χ0n) is 18.3. The van der Waals surface area contributed by atoms with Crippen LogP contribution in [-0.4, -0.2) is 27.4 Å².